The highest BCUT2D eigenvalue weighted by Gasteiger charge is 2.18. The fraction of sp³-hybridized carbons (Fsp3) is 0.529. The molecule has 1 aliphatic rings. The summed E-state index contributed by atoms with van der Waals surface area (Å²) in [6.07, 6.45) is 4.77. The van der Waals surface area contributed by atoms with Crippen molar-refractivity contribution in [2.75, 3.05) is 25.0 Å². The third-order valence-electron chi connectivity index (χ3n) is 3.89. The van der Waals surface area contributed by atoms with Crippen molar-refractivity contribution in [3.05, 3.63) is 39.9 Å². The van der Waals surface area contributed by atoms with Crippen LogP contribution in [0.1, 0.15) is 32.3 Å². The molecule has 0 radical (unpaired) electrons. The van der Waals surface area contributed by atoms with E-state index in [1.807, 2.05) is 0 Å². The van der Waals surface area contributed by atoms with Gasteiger partial charge in [-0.25, -0.2) is 0 Å². The lowest BCUT2D eigenvalue weighted by Gasteiger charge is -2.32. The summed E-state index contributed by atoms with van der Waals surface area (Å²) in [4.78, 5) is 2.54. The van der Waals surface area contributed by atoms with Gasteiger partial charge in [-0.3, -0.25) is 4.90 Å². The van der Waals surface area contributed by atoms with Crippen molar-refractivity contribution < 1.29 is 0 Å². The highest BCUT2D eigenvalue weighted by Crippen LogP contribution is 2.23. The standard InChI is InChI=1S/C17H25BrN2/c1-13(2)6-9-20-10-7-15(8-11-20)19-16-5-4-14(3)17(18)12-16/h4-6,12,15,19H,7-11H2,1-3H3. The molecule has 2 rings (SSSR count). The molecule has 110 valence electrons. The van der Waals surface area contributed by atoms with Gasteiger partial charge < -0.3 is 5.32 Å². The molecule has 1 aromatic carbocycles. The number of nitrogens with one attached hydrogen (secondary N) is 1. The highest BCUT2D eigenvalue weighted by atomic mass is 79.9. The number of hydrogen-bond donors (Lipinski definition) is 1. The van der Waals surface area contributed by atoms with Gasteiger partial charge in [-0.1, -0.05) is 33.6 Å². The molecular formula is C17H25BrN2. The van der Waals surface area contributed by atoms with E-state index in [1.165, 1.54) is 47.2 Å². The monoisotopic (exact) mass is 336 g/mol. The van der Waals surface area contributed by atoms with Gasteiger partial charge in [0.15, 0.2) is 0 Å². The molecule has 0 saturated carbocycles. The zero-order chi connectivity index (χ0) is 14.5. The molecule has 0 unspecified atom stereocenters. The second kappa shape index (κ2) is 7.28. The van der Waals surface area contributed by atoms with Gasteiger partial charge in [-0.05, 0) is 51.3 Å². The van der Waals surface area contributed by atoms with Crippen LogP contribution in [-0.2, 0) is 0 Å². The van der Waals surface area contributed by atoms with Gasteiger partial charge in [-0.2, -0.15) is 0 Å². The first-order valence-electron chi connectivity index (χ1n) is 7.43. The van der Waals surface area contributed by atoms with Crippen LogP contribution in [0.15, 0.2) is 34.3 Å². The van der Waals surface area contributed by atoms with Gasteiger partial charge in [0, 0.05) is 35.8 Å². The van der Waals surface area contributed by atoms with E-state index in [1.54, 1.807) is 0 Å². The average molecular weight is 337 g/mol. The summed E-state index contributed by atoms with van der Waals surface area (Å²) in [7, 11) is 0. The first kappa shape index (κ1) is 15.6. The summed E-state index contributed by atoms with van der Waals surface area (Å²) in [5.41, 5.74) is 3.92. The fourth-order valence-electron chi connectivity index (χ4n) is 2.49. The van der Waals surface area contributed by atoms with E-state index < -0.39 is 0 Å². The Labute approximate surface area is 131 Å². The molecule has 0 amide bonds. The molecule has 1 aliphatic heterocycles. The van der Waals surface area contributed by atoms with Crippen molar-refractivity contribution in [3.63, 3.8) is 0 Å². The maximum atomic E-state index is 3.66. The van der Waals surface area contributed by atoms with Crippen molar-refractivity contribution in [2.24, 2.45) is 0 Å². The molecule has 1 aromatic rings. The second-order valence-corrected chi connectivity index (χ2v) is 6.82. The Kier molecular flexibility index (Phi) is 5.67. The fourth-order valence-corrected chi connectivity index (χ4v) is 2.87. The van der Waals surface area contributed by atoms with E-state index in [0.29, 0.717) is 6.04 Å². The Morgan fingerprint density at radius 1 is 1.35 bits per heavy atom. The third-order valence-corrected chi connectivity index (χ3v) is 4.74. The minimum atomic E-state index is 0.604. The smallest absolute Gasteiger partial charge is 0.0353 e. The quantitative estimate of drug-likeness (QED) is 0.808. The summed E-state index contributed by atoms with van der Waals surface area (Å²) < 4.78 is 1.18. The molecule has 1 heterocycles. The van der Waals surface area contributed by atoms with Crippen LogP contribution in [0.2, 0.25) is 0 Å². The maximum absolute atomic E-state index is 3.66. The number of halogens is 1. The summed E-state index contributed by atoms with van der Waals surface area (Å²) >= 11 is 3.60. The number of likely N-dealkylation sites (tertiary alicyclic amines) is 1. The Bertz CT molecular complexity index is 470. The predicted molar refractivity (Wildman–Crippen MR) is 91.4 cm³/mol. The zero-order valence-corrected chi connectivity index (χ0v) is 14.3. The minimum Gasteiger partial charge on any atom is -0.382 e. The van der Waals surface area contributed by atoms with E-state index in [9.17, 15) is 0 Å². The molecule has 0 atom stereocenters. The number of rotatable bonds is 4. The van der Waals surface area contributed by atoms with E-state index in [2.05, 4.69) is 71.2 Å². The maximum Gasteiger partial charge on any atom is 0.0353 e. The molecule has 1 N–H and O–H groups in total. The number of hydrogen-bond acceptors (Lipinski definition) is 2. The Balaban J connectivity index is 1.82. The molecule has 0 aromatic heterocycles. The average Bonchev–Trinajstić information content (AvgIpc) is 2.42. The third kappa shape index (κ3) is 4.64. The van der Waals surface area contributed by atoms with Crippen LogP contribution in [-0.4, -0.2) is 30.6 Å². The van der Waals surface area contributed by atoms with Crippen LogP contribution >= 0.6 is 15.9 Å². The lowest BCUT2D eigenvalue weighted by molar-refractivity contribution is 0.240. The van der Waals surface area contributed by atoms with Crippen LogP contribution < -0.4 is 5.32 Å². The largest absolute Gasteiger partial charge is 0.382 e. The Hall–Kier alpha value is -0.800. The molecular weight excluding hydrogens is 312 g/mol. The van der Waals surface area contributed by atoms with Crippen molar-refractivity contribution >= 4 is 21.6 Å². The van der Waals surface area contributed by atoms with Crippen LogP contribution in [0.5, 0.6) is 0 Å². The SMILES string of the molecule is CC(C)=CCN1CCC(Nc2ccc(C)c(Br)c2)CC1. The summed E-state index contributed by atoms with van der Waals surface area (Å²) in [5.74, 6) is 0. The highest BCUT2D eigenvalue weighted by molar-refractivity contribution is 9.10. The minimum absolute atomic E-state index is 0.604. The molecule has 2 nitrogen and oxygen atoms in total. The lowest BCUT2D eigenvalue weighted by Crippen LogP contribution is -2.39. The molecule has 0 aliphatic carbocycles. The van der Waals surface area contributed by atoms with E-state index >= 15 is 0 Å². The number of allylic oxidation sites excluding steroid dienone is 1. The molecule has 0 spiro atoms. The summed E-state index contributed by atoms with van der Waals surface area (Å²) in [6.45, 7) is 9.94. The van der Waals surface area contributed by atoms with Gasteiger partial charge >= 0.3 is 0 Å². The Morgan fingerprint density at radius 3 is 2.65 bits per heavy atom. The lowest BCUT2D eigenvalue weighted by atomic mass is 10.0. The van der Waals surface area contributed by atoms with Crippen molar-refractivity contribution in [3.8, 4) is 0 Å². The number of anilines is 1. The molecule has 1 saturated heterocycles. The van der Waals surface area contributed by atoms with Gasteiger partial charge in [0.05, 0.1) is 0 Å². The van der Waals surface area contributed by atoms with E-state index in [0.717, 1.165) is 6.54 Å². The second-order valence-electron chi connectivity index (χ2n) is 5.96. The van der Waals surface area contributed by atoms with Crippen LogP contribution in [0, 0.1) is 6.92 Å². The van der Waals surface area contributed by atoms with Crippen LogP contribution in [0.4, 0.5) is 5.69 Å². The van der Waals surface area contributed by atoms with Crippen molar-refractivity contribution in [2.45, 2.75) is 39.7 Å². The normalized spacial score (nSPS) is 17.0. The van der Waals surface area contributed by atoms with Crippen LogP contribution in [0.25, 0.3) is 0 Å². The van der Waals surface area contributed by atoms with Crippen LogP contribution in [0.3, 0.4) is 0 Å². The first-order valence-corrected chi connectivity index (χ1v) is 8.22. The number of benzene rings is 1. The molecule has 20 heavy (non-hydrogen) atoms. The number of piperidine rings is 1. The topological polar surface area (TPSA) is 15.3 Å². The van der Waals surface area contributed by atoms with Crippen molar-refractivity contribution in [1.29, 1.82) is 0 Å². The molecule has 0 bridgehead atoms. The molecule has 1 fully saturated rings. The van der Waals surface area contributed by atoms with Gasteiger partial charge in [0.1, 0.15) is 0 Å². The number of nitrogens with zero attached hydrogens (tertiary/aromatic N) is 1. The van der Waals surface area contributed by atoms with E-state index in [-0.39, 0.29) is 0 Å². The number of aryl methyl sites for hydroxylation is 1. The summed E-state index contributed by atoms with van der Waals surface area (Å²) in [6, 6.07) is 7.13. The van der Waals surface area contributed by atoms with Crippen molar-refractivity contribution in [1.82, 2.24) is 4.90 Å². The van der Waals surface area contributed by atoms with E-state index in [4.69, 9.17) is 0 Å². The predicted octanol–water partition coefficient (Wildman–Crippen LogP) is 4.60. The van der Waals surface area contributed by atoms with Gasteiger partial charge in [0.25, 0.3) is 0 Å². The summed E-state index contributed by atoms with van der Waals surface area (Å²) in [5, 5.41) is 3.66. The van der Waals surface area contributed by atoms with Gasteiger partial charge in [-0.15, -0.1) is 0 Å². The zero-order valence-electron chi connectivity index (χ0n) is 12.7. The van der Waals surface area contributed by atoms with Gasteiger partial charge in [0.2, 0.25) is 0 Å². The first-order chi connectivity index (χ1) is 9.54. The molecule has 3 heteroatoms. The Morgan fingerprint density at radius 2 is 2.05 bits per heavy atom.